The van der Waals surface area contributed by atoms with E-state index in [1.807, 2.05) is 25.7 Å². The summed E-state index contributed by atoms with van der Waals surface area (Å²) in [5, 5.41) is 26.9. The fraction of sp³-hybridized carbons (Fsp3) is 0. The SMILES string of the molecule is Oc1cc(O)cc(-c2cn([C]3[CH][CH][CH][CH]3)nn2)c1. The van der Waals surface area contributed by atoms with E-state index in [0.717, 1.165) is 6.04 Å². The second kappa shape index (κ2) is 4.33. The third-order valence-electron chi connectivity index (χ3n) is 2.60. The highest BCUT2D eigenvalue weighted by atomic mass is 16.3. The van der Waals surface area contributed by atoms with E-state index in [4.69, 9.17) is 0 Å². The monoisotopic (exact) mass is 240 g/mol. The highest BCUT2D eigenvalue weighted by molar-refractivity contribution is 5.62. The van der Waals surface area contributed by atoms with Crippen molar-refractivity contribution in [1.29, 1.82) is 0 Å². The van der Waals surface area contributed by atoms with Crippen molar-refractivity contribution in [2.45, 2.75) is 0 Å². The maximum absolute atomic E-state index is 9.43. The van der Waals surface area contributed by atoms with Crippen molar-refractivity contribution in [3.05, 3.63) is 56.1 Å². The van der Waals surface area contributed by atoms with E-state index in [2.05, 4.69) is 10.3 Å². The molecule has 5 radical (unpaired) electrons. The zero-order chi connectivity index (χ0) is 12.5. The zero-order valence-corrected chi connectivity index (χ0v) is 9.35. The summed E-state index contributed by atoms with van der Waals surface area (Å²) in [6, 6.07) is 5.24. The number of hydrogen-bond donors (Lipinski definition) is 2. The molecule has 2 N–H and O–H groups in total. The van der Waals surface area contributed by atoms with E-state index in [1.165, 1.54) is 18.2 Å². The lowest BCUT2D eigenvalue weighted by molar-refractivity contribution is 0.451. The molecular formula is C13H10N3O2. The van der Waals surface area contributed by atoms with Crippen LogP contribution in [0.25, 0.3) is 11.3 Å². The minimum atomic E-state index is -0.00661. The number of nitrogens with zero attached hydrogens (tertiary/aromatic N) is 3. The van der Waals surface area contributed by atoms with Gasteiger partial charge in [0.2, 0.25) is 0 Å². The number of aromatic hydroxyl groups is 2. The maximum atomic E-state index is 9.43. The first-order chi connectivity index (χ1) is 8.72. The molecule has 0 amide bonds. The van der Waals surface area contributed by atoms with Crippen LogP contribution in [-0.4, -0.2) is 25.2 Å². The van der Waals surface area contributed by atoms with Crippen LogP contribution in [0.15, 0.2) is 24.4 Å². The Labute approximate surface area is 105 Å². The van der Waals surface area contributed by atoms with Crippen molar-refractivity contribution in [3.63, 3.8) is 0 Å². The number of aromatic nitrogens is 3. The van der Waals surface area contributed by atoms with Crippen LogP contribution in [0.3, 0.4) is 0 Å². The summed E-state index contributed by atoms with van der Waals surface area (Å²) in [4.78, 5) is 0. The number of phenols is 2. The van der Waals surface area contributed by atoms with Crippen LogP contribution in [0, 0.1) is 31.7 Å². The quantitative estimate of drug-likeness (QED) is 0.835. The lowest BCUT2D eigenvalue weighted by Gasteiger charge is -2.04. The summed E-state index contributed by atoms with van der Waals surface area (Å²) >= 11 is 0. The van der Waals surface area contributed by atoms with E-state index in [0.29, 0.717) is 11.3 Å². The van der Waals surface area contributed by atoms with E-state index in [1.54, 1.807) is 10.9 Å². The molecule has 1 aromatic heterocycles. The van der Waals surface area contributed by atoms with Gasteiger partial charge in [-0.1, -0.05) is 5.21 Å². The van der Waals surface area contributed by atoms with Crippen molar-refractivity contribution in [2.24, 2.45) is 0 Å². The van der Waals surface area contributed by atoms with Gasteiger partial charge in [-0.25, -0.2) is 4.68 Å². The van der Waals surface area contributed by atoms with Crippen molar-refractivity contribution < 1.29 is 10.2 Å². The smallest absolute Gasteiger partial charge is 0.119 e. The molecule has 0 saturated heterocycles. The van der Waals surface area contributed by atoms with Gasteiger partial charge in [-0.3, -0.25) is 0 Å². The van der Waals surface area contributed by atoms with Gasteiger partial charge in [0.15, 0.2) is 0 Å². The molecule has 2 aromatic rings. The maximum Gasteiger partial charge on any atom is 0.119 e. The fourth-order valence-electron chi connectivity index (χ4n) is 1.78. The van der Waals surface area contributed by atoms with Crippen molar-refractivity contribution in [1.82, 2.24) is 15.0 Å². The highest BCUT2D eigenvalue weighted by Gasteiger charge is 2.20. The Balaban J connectivity index is 1.92. The first kappa shape index (κ1) is 11.1. The number of phenolic OH excluding ortho intramolecular Hbond substituents is 2. The molecule has 89 valence electrons. The summed E-state index contributed by atoms with van der Waals surface area (Å²) in [6.45, 7) is 0. The Morgan fingerprint density at radius 1 is 0.944 bits per heavy atom. The van der Waals surface area contributed by atoms with Gasteiger partial charge in [0.25, 0.3) is 0 Å². The Bertz CT molecular complexity index is 539. The predicted molar refractivity (Wildman–Crippen MR) is 64.6 cm³/mol. The lowest BCUT2D eigenvalue weighted by atomic mass is 10.1. The van der Waals surface area contributed by atoms with Crippen LogP contribution >= 0.6 is 0 Å². The van der Waals surface area contributed by atoms with E-state index >= 15 is 0 Å². The van der Waals surface area contributed by atoms with Gasteiger partial charge in [0.05, 0.1) is 12.2 Å². The fourth-order valence-corrected chi connectivity index (χ4v) is 1.78. The van der Waals surface area contributed by atoms with Crippen LogP contribution in [0.5, 0.6) is 11.5 Å². The summed E-state index contributed by atoms with van der Waals surface area (Å²) in [5.74, 6) is -0.0132. The van der Waals surface area contributed by atoms with E-state index < -0.39 is 0 Å². The molecule has 1 fully saturated rings. The van der Waals surface area contributed by atoms with Crippen molar-refractivity contribution in [2.75, 3.05) is 0 Å². The first-order valence-corrected chi connectivity index (χ1v) is 5.40. The van der Waals surface area contributed by atoms with Crippen molar-refractivity contribution in [3.8, 4) is 22.8 Å². The highest BCUT2D eigenvalue weighted by Crippen LogP contribution is 2.29. The molecule has 1 heterocycles. The van der Waals surface area contributed by atoms with Gasteiger partial charge in [-0.2, -0.15) is 0 Å². The second-order valence-electron chi connectivity index (χ2n) is 3.93. The van der Waals surface area contributed by atoms with Crippen LogP contribution in [0.4, 0.5) is 0 Å². The minimum absolute atomic E-state index is 0.00661. The molecule has 0 bridgehead atoms. The summed E-state index contributed by atoms with van der Waals surface area (Å²) in [6.07, 6.45) is 9.40. The predicted octanol–water partition coefficient (Wildman–Crippen LogP) is 1.57. The second-order valence-corrected chi connectivity index (χ2v) is 3.93. The number of rotatable bonds is 2. The molecule has 1 aliphatic carbocycles. The summed E-state index contributed by atoms with van der Waals surface area (Å²) < 4.78 is 1.64. The van der Waals surface area contributed by atoms with Gasteiger partial charge in [0.1, 0.15) is 17.2 Å². The average molecular weight is 240 g/mol. The molecule has 0 atom stereocenters. The molecular weight excluding hydrogens is 230 g/mol. The van der Waals surface area contributed by atoms with Crippen LogP contribution in [0.2, 0.25) is 0 Å². The number of benzene rings is 1. The Morgan fingerprint density at radius 2 is 1.61 bits per heavy atom. The normalized spacial score (nSPS) is 16.2. The third-order valence-corrected chi connectivity index (χ3v) is 2.60. The third kappa shape index (κ3) is 2.03. The number of hydrogen-bond acceptors (Lipinski definition) is 4. The molecule has 1 saturated carbocycles. The lowest BCUT2D eigenvalue weighted by Crippen LogP contribution is -2.07. The Kier molecular flexibility index (Phi) is 2.66. The molecule has 5 nitrogen and oxygen atoms in total. The zero-order valence-electron chi connectivity index (χ0n) is 9.35. The van der Waals surface area contributed by atoms with Crippen molar-refractivity contribution >= 4 is 0 Å². The topological polar surface area (TPSA) is 71.2 Å². The summed E-state index contributed by atoms with van der Waals surface area (Å²) in [5.41, 5.74) is 1.20. The van der Waals surface area contributed by atoms with Gasteiger partial charge in [-0.15, -0.1) is 5.10 Å². The molecule has 18 heavy (non-hydrogen) atoms. The standard InChI is InChI=1S/C13H10N3O2/c17-11-5-9(6-12(18)7-11)13-8-16(15-14-13)10-3-1-2-4-10/h1-8,17-18H. The van der Waals surface area contributed by atoms with Gasteiger partial charge in [-0.05, 0) is 37.8 Å². The molecule has 3 rings (SSSR count). The van der Waals surface area contributed by atoms with Crippen LogP contribution in [-0.2, 0) is 0 Å². The molecule has 1 aliphatic rings. The molecule has 5 heteroatoms. The molecule has 0 unspecified atom stereocenters. The first-order valence-electron chi connectivity index (χ1n) is 5.40. The summed E-state index contributed by atoms with van der Waals surface area (Å²) in [7, 11) is 0. The minimum Gasteiger partial charge on any atom is -0.508 e. The van der Waals surface area contributed by atoms with Gasteiger partial charge >= 0.3 is 0 Å². The molecule has 1 aromatic carbocycles. The Hall–Kier alpha value is -2.04. The largest absolute Gasteiger partial charge is 0.508 e. The van der Waals surface area contributed by atoms with E-state index in [9.17, 15) is 10.2 Å². The van der Waals surface area contributed by atoms with Gasteiger partial charge in [0, 0.05) is 11.6 Å². The molecule has 0 aliphatic heterocycles. The van der Waals surface area contributed by atoms with Crippen LogP contribution in [0.1, 0.15) is 0 Å². The average Bonchev–Trinajstić information content (AvgIpc) is 2.99. The van der Waals surface area contributed by atoms with Crippen LogP contribution < -0.4 is 0 Å². The Morgan fingerprint density at radius 3 is 2.28 bits per heavy atom. The van der Waals surface area contributed by atoms with E-state index in [-0.39, 0.29) is 11.5 Å². The van der Waals surface area contributed by atoms with Gasteiger partial charge < -0.3 is 10.2 Å². The molecule has 0 spiro atoms.